The van der Waals surface area contributed by atoms with Gasteiger partial charge in [0, 0.05) is 0 Å². The third kappa shape index (κ3) is 59.8. The predicted molar refractivity (Wildman–Crippen MR) is 7.61 cm³/mol. The van der Waals surface area contributed by atoms with Crippen LogP contribution in [0.3, 0.4) is 0 Å². The minimum absolute atomic E-state index is 0. The Hall–Kier alpha value is 5.38. The molecule has 0 spiro atoms. The second-order valence-corrected chi connectivity index (χ2v) is 1.34. The van der Waals surface area contributed by atoms with Crippen LogP contribution in [0, 0.1) is 0 Å². The van der Waals surface area contributed by atoms with Crippen LogP contribution in [0.2, 0.25) is 0 Å². The fourth-order valence-corrected chi connectivity index (χ4v) is 0. The van der Waals surface area contributed by atoms with Crippen molar-refractivity contribution in [1.29, 1.82) is 0 Å². The molecule has 32 valence electrons. The first-order valence-corrected chi connectivity index (χ1v) is 2.19. The Labute approximate surface area is 183 Å². The van der Waals surface area contributed by atoms with Gasteiger partial charge in [0.05, 0.1) is 0 Å². The summed E-state index contributed by atoms with van der Waals surface area (Å²) in [6.07, 6.45) is 0. The summed E-state index contributed by atoms with van der Waals surface area (Å²) >= 11 is 0. The Morgan fingerprint density at radius 3 is 0.889 bits per heavy atom. The molecule has 0 unspecified atom stereocenters. The molecule has 0 aromatic rings. The van der Waals surface area contributed by atoms with Crippen molar-refractivity contribution in [1.82, 2.24) is 0 Å². The van der Waals surface area contributed by atoms with Gasteiger partial charge in [0.1, 0.15) is 0 Å². The molecule has 0 aliphatic carbocycles. The van der Waals surface area contributed by atoms with E-state index in [4.69, 9.17) is 19.2 Å². The van der Waals surface area contributed by atoms with E-state index in [9.17, 15) is 0 Å². The van der Waals surface area contributed by atoms with Crippen molar-refractivity contribution < 1.29 is 181 Å². The summed E-state index contributed by atoms with van der Waals surface area (Å²) in [6.45, 7) is 0. The van der Waals surface area contributed by atoms with Crippen molar-refractivity contribution >= 4 is 7.82 Å². The summed E-state index contributed by atoms with van der Waals surface area (Å²) in [4.78, 5) is 25.6. The standard InChI is InChI=1S/2K.2Na.H3O4P/c;;;;1-5(2,3)4/h;;;;(H3,1,2,3,4)/q4*+1;/p-3. The third-order valence-electron chi connectivity index (χ3n) is 0. The average Bonchev–Trinajstić information content (AvgIpc) is 0.722. The van der Waals surface area contributed by atoms with Gasteiger partial charge in [-0.05, 0) is 0 Å². The summed E-state index contributed by atoms with van der Waals surface area (Å²) in [5.41, 5.74) is 0. The molecule has 0 radical (unpaired) electrons. The van der Waals surface area contributed by atoms with Crippen LogP contribution in [-0.4, -0.2) is 0 Å². The normalized spacial score (nSPS) is 6.56. The van der Waals surface area contributed by atoms with Crippen molar-refractivity contribution in [2.45, 2.75) is 0 Å². The quantitative estimate of drug-likeness (QED) is 0.299. The molecular formula is K2Na2O4P+. The van der Waals surface area contributed by atoms with Gasteiger partial charge in [-0.3, -0.25) is 0 Å². The van der Waals surface area contributed by atoms with Gasteiger partial charge in [0.15, 0.2) is 0 Å². The molecule has 0 saturated heterocycles. The number of hydrogen-bond acceptors (Lipinski definition) is 4. The number of hydrogen-bond donors (Lipinski definition) is 0. The Morgan fingerprint density at radius 2 is 0.889 bits per heavy atom. The van der Waals surface area contributed by atoms with E-state index in [0.717, 1.165) is 0 Å². The zero-order valence-electron chi connectivity index (χ0n) is 6.08. The van der Waals surface area contributed by atoms with E-state index in [0.29, 0.717) is 0 Å². The third-order valence-corrected chi connectivity index (χ3v) is 0. The Bertz CT molecular complexity index is 62.7. The first-order valence-electron chi connectivity index (χ1n) is 0.730. The SMILES string of the molecule is O=P([O-])([O-])[O-].[K+].[K+].[Na+].[Na+]. The van der Waals surface area contributed by atoms with Gasteiger partial charge < -0.3 is 19.2 Å². The summed E-state index contributed by atoms with van der Waals surface area (Å²) in [5.74, 6) is 0. The maximum atomic E-state index is 8.55. The minimum atomic E-state index is -5.39. The summed E-state index contributed by atoms with van der Waals surface area (Å²) in [5, 5.41) is 0. The summed E-state index contributed by atoms with van der Waals surface area (Å²) in [7, 11) is -5.39. The van der Waals surface area contributed by atoms with Crippen LogP contribution in [-0.2, 0) is 4.57 Å². The van der Waals surface area contributed by atoms with Crippen LogP contribution in [0.4, 0.5) is 0 Å². The van der Waals surface area contributed by atoms with Crippen molar-refractivity contribution in [2.75, 3.05) is 0 Å². The zero-order valence-corrected chi connectivity index (χ0v) is 17.2. The van der Waals surface area contributed by atoms with E-state index in [2.05, 4.69) is 0 Å². The van der Waals surface area contributed by atoms with Gasteiger partial charge >= 0.3 is 162 Å². The van der Waals surface area contributed by atoms with E-state index in [-0.39, 0.29) is 162 Å². The van der Waals surface area contributed by atoms with Gasteiger partial charge in [-0.25, -0.2) is 0 Å². The predicted octanol–water partition coefficient (Wildman–Crippen LogP) is -14.8. The van der Waals surface area contributed by atoms with E-state index in [1.165, 1.54) is 0 Å². The van der Waals surface area contributed by atoms with E-state index in [1.54, 1.807) is 0 Å². The fraction of sp³-hybridized carbons (Fsp3) is 0. The minimum Gasteiger partial charge on any atom is -0.822 e. The van der Waals surface area contributed by atoms with E-state index in [1.807, 2.05) is 0 Å². The largest absolute Gasteiger partial charge is 1.00 e. The van der Waals surface area contributed by atoms with Gasteiger partial charge in [0.25, 0.3) is 0 Å². The molecule has 0 rings (SSSR count). The molecule has 0 atom stereocenters. The van der Waals surface area contributed by atoms with Gasteiger partial charge in [-0.15, -0.1) is 0 Å². The van der Waals surface area contributed by atoms with E-state index >= 15 is 0 Å². The molecule has 0 aromatic carbocycles. The van der Waals surface area contributed by atoms with Crippen LogP contribution in [0.5, 0.6) is 0 Å². The second kappa shape index (κ2) is 15.8. The first-order chi connectivity index (χ1) is 2.00. The molecule has 4 nitrogen and oxygen atoms in total. The first kappa shape index (κ1) is 29.3. The van der Waals surface area contributed by atoms with Crippen LogP contribution in [0.1, 0.15) is 0 Å². The van der Waals surface area contributed by atoms with Crippen LogP contribution in [0.15, 0.2) is 0 Å². The van der Waals surface area contributed by atoms with Crippen molar-refractivity contribution in [3.8, 4) is 0 Å². The van der Waals surface area contributed by atoms with E-state index < -0.39 is 7.82 Å². The molecule has 0 aliphatic rings. The molecule has 0 heterocycles. The topological polar surface area (TPSA) is 86.2 Å². The Balaban J connectivity index is -0.0000000133. The molecule has 0 saturated carbocycles. The summed E-state index contributed by atoms with van der Waals surface area (Å²) in [6, 6.07) is 0. The number of phosphoric acid groups is 1. The van der Waals surface area contributed by atoms with Gasteiger partial charge in [-0.1, -0.05) is 0 Å². The molecule has 0 fully saturated rings. The Morgan fingerprint density at radius 1 is 0.889 bits per heavy atom. The molecule has 0 aromatic heterocycles. The van der Waals surface area contributed by atoms with Crippen molar-refractivity contribution in [3.63, 3.8) is 0 Å². The maximum Gasteiger partial charge on any atom is 1.00 e. The molecular weight excluding hydrogens is 219 g/mol. The van der Waals surface area contributed by atoms with Gasteiger partial charge in [-0.2, -0.15) is 7.82 Å². The molecule has 0 amide bonds. The van der Waals surface area contributed by atoms with Crippen molar-refractivity contribution in [3.05, 3.63) is 0 Å². The molecule has 9 heteroatoms. The van der Waals surface area contributed by atoms with Crippen LogP contribution in [0.25, 0.3) is 0 Å². The van der Waals surface area contributed by atoms with Gasteiger partial charge in [0.2, 0.25) is 0 Å². The summed E-state index contributed by atoms with van der Waals surface area (Å²) < 4.78 is 8.55. The monoisotopic (exact) mass is 219 g/mol. The van der Waals surface area contributed by atoms with Crippen LogP contribution < -0.4 is 177 Å². The number of rotatable bonds is 0. The Kier molecular flexibility index (Phi) is 51.5. The average molecular weight is 219 g/mol. The zero-order chi connectivity index (χ0) is 4.50. The van der Waals surface area contributed by atoms with Crippen LogP contribution >= 0.6 is 7.82 Å². The molecule has 0 bridgehead atoms. The maximum absolute atomic E-state index is 8.55. The molecule has 9 heavy (non-hydrogen) atoms. The molecule has 0 N–H and O–H groups in total. The second-order valence-electron chi connectivity index (χ2n) is 0.447. The molecule has 0 aliphatic heterocycles. The van der Waals surface area contributed by atoms with Crippen molar-refractivity contribution in [2.24, 2.45) is 0 Å². The smallest absolute Gasteiger partial charge is 0.822 e. The fourth-order valence-electron chi connectivity index (χ4n) is 0.